The van der Waals surface area contributed by atoms with Gasteiger partial charge in [-0.25, -0.2) is 4.39 Å². The van der Waals surface area contributed by atoms with Gasteiger partial charge >= 0.3 is 0 Å². The molecule has 0 amide bonds. The van der Waals surface area contributed by atoms with Gasteiger partial charge in [0.05, 0.1) is 5.60 Å². The highest BCUT2D eigenvalue weighted by Crippen LogP contribution is 2.31. The molecule has 1 N–H and O–H groups in total. The minimum atomic E-state index is -0.731. The van der Waals surface area contributed by atoms with Crippen molar-refractivity contribution in [1.29, 1.82) is 0 Å². The van der Waals surface area contributed by atoms with Gasteiger partial charge in [-0.2, -0.15) is 0 Å². The van der Waals surface area contributed by atoms with Gasteiger partial charge in [0.25, 0.3) is 0 Å². The fraction of sp³-hybridized carbons (Fsp3) is 0.571. The van der Waals surface area contributed by atoms with Gasteiger partial charge in [0.15, 0.2) is 0 Å². The molecule has 3 heteroatoms. The molecule has 0 atom stereocenters. The summed E-state index contributed by atoms with van der Waals surface area (Å²) in [7, 11) is 0. The van der Waals surface area contributed by atoms with Crippen molar-refractivity contribution in [2.45, 2.75) is 50.5 Å². The summed E-state index contributed by atoms with van der Waals surface area (Å²) in [6, 6.07) is 4.68. The molecule has 17 heavy (non-hydrogen) atoms. The SMILES string of the molecule is OC1(Cc2ccc(Cl)cc2F)CCCCCC1. The van der Waals surface area contributed by atoms with E-state index in [-0.39, 0.29) is 5.82 Å². The van der Waals surface area contributed by atoms with Crippen LogP contribution in [-0.4, -0.2) is 10.7 Å². The lowest BCUT2D eigenvalue weighted by Crippen LogP contribution is -2.31. The maximum absolute atomic E-state index is 13.7. The minimum absolute atomic E-state index is 0.310. The highest BCUT2D eigenvalue weighted by molar-refractivity contribution is 6.30. The van der Waals surface area contributed by atoms with Crippen LogP contribution < -0.4 is 0 Å². The number of benzene rings is 1. The van der Waals surface area contributed by atoms with Crippen LogP contribution in [0.15, 0.2) is 18.2 Å². The summed E-state index contributed by atoms with van der Waals surface area (Å²) in [5.74, 6) is -0.310. The van der Waals surface area contributed by atoms with Crippen LogP contribution >= 0.6 is 11.6 Å². The van der Waals surface area contributed by atoms with Crippen molar-refractivity contribution < 1.29 is 9.50 Å². The number of halogens is 2. The molecule has 0 radical (unpaired) electrons. The Labute approximate surface area is 107 Å². The molecule has 1 nitrogen and oxygen atoms in total. The van der Waals surface area contributed by atoms with Crippen molar-refractivity contribution >= 4 is 11.6 Å². The maximum Gasteiger partial charge on any atom is 0.127 e. The average molecular weight is 257 g/mol. The molecule has 0 spiro atoms. The van der Waals surface area contributed by atoms with Gasteiger partial charge < -0.3 is 5.11 Å². The first kappa shape index (κ1) is 12.8. The van der Waals surface area contributed by atoms with Gasteiger partial charge in [0.2, 0.25) is 0 Å². The highest BCUT2D eigenvalue weighted by atomic mass is 35.5. The first-order valence-corrected chi connectivity index (χ1v) is 6.63. The third kappa shape index (κ3) is 3.43. The van der Waals surface area contributed by atoms with E-state index in [0.29, 0.717) is 17.0 Å². The summed E-state index contributed by atoms with van der Waals surface area (Å²) in [4.78, 5) is 0. The fourth-order valence-electron chi connectivity index (χ4n) is 2.58. The number of hydrogen-bond acceptors (Lipinski definition) is 1. The average Bonchev–Trinajstić information content (AvgIpc) is 2.48. The van der Waals surface area contributed by atoms with E-state index in [4.69, 9.17) is 11.6 Å². The summed E-state index contributed by atoms with van der Waals surface area (Å²) in [6.07, 6.45) is 6.36. The Kier molecular flexibility index (Phi) is 4.05. The Balaban J connectivity index is 2.12. The molecule has 1 aromatic rings. The van der Waals surface area contributed by atoms with Crippen molar-refractivity contribution in [3.05, 3.63) is 34.6 Å². The second-order valence-electron chi connectivity index (χ2n) is 5.05. The van der Waals surface area contributed by atoms with Crippen molar-refractivity contribution in [3.63, 3.8) is 0 Å². The van der Waals surface area contributed by atoms with Crippen molar-refractivity contribution in [1.82, 2.24) is 0 Å². The largest absolute Gasteiger partial charge is 0.390 e. The van der Waals surface area contributed by atoms with Crippen molar-refractivity contribution in [2.75, 3.05) is 0 Å². The molecule has 0 aliphatic heterocycles. The topological polar surface area (TPSA) is 20.2 Å². The van der Waals surface area contributed by atoms with E-state index in [2.05, 4.69) is 0 Å². The summed E-state index contributed by atoms with van der Waals surface area (Å²) in [6.45, 7) is 0. The molecule has 0 unspecified atom stereocenters. The third-order valence-electron chi connectivity index (χ3n) is 3.57. The van der Waals surface area contributed by atoms with Gasteiger partial charge in [-0.15, -0.1) is 0 Å². The first-order chi connectivity index (χ1) is 8.09. The molecule has 94 valence electrons. The Bertz CT molecular complexity index is 384. The van der Waals surface area contributed by atoms with E-state index in [1.54, 1.807) is 12.1 Å². The second kappa shape index (κ2) is 5.36. The lowest BCUT2D eigenvalue weighted by molar-refractivity contribution is 0.0245. The smallest absolute Gasteiger partial charge is 0.127 e. The molecule has 2 rings (SSSR count). The van der Waals surface area contributed by atoms with Crippen molar-refractivity contribution in [2.24, 2.45) is 0 Å². The van der Waals surface area contributed by atoms with E-state index >= 15 is 0 Å². The van der Waals surface area contributed by atoms with Crippen LogP contribution in [0.2, 0.25) is 5.02 Å². The molecule has 0 heterocycles. The quantitative estimate of drug-likeness (QED) is 0.790. The van der Waals surface area contributed by atoms with Crippen LogP contribution in [0.5, 0.6) is 0 Å². The molecule has 1 fully saturated rings. The van der Waals surface area contributed by atoms with E-state index in [0.717, 1.165) is 25.7 Å². The molecular weight excluding hydrogens is 239 g/mol. The van der Waals surface area contributed by atoms with Crippen LogP contribution in [0.1, 0.15) is 44.1 Å². The Morgan fingerprint density at radius 3 is 2.41 bits per heavy atom. The monoisotopic (exact) mass is 256 g/mol. The van der Waals surface area contributed by atoms with Crippen LogP contribution in [0, 0.1) is 5.82 Å². The molecule has 1 saturated carbocycles. The molecule has 1 aromatic carbocycles. The Morgan fingerprint density at radius 1 is 1.18 bits per heavy atom. The Morgan fingerprint density at radius 2 is 1.82 bits per heavy atom. The number of hydrogen-bond donors (Lipinski definition) is 1. The predicted molar refractivity (Wildman–Crippen MR) is 67.8 cm³/mol. The third-order valence-corrected chi connectivity index (χ3v) is 3.80. The molecule has 0 bridgehead atoms. The summed E-state index contributed by atoms with van der Waals surface area (Å²) < 4.78 is 13.7. The zero-order chi connectivity index (χ0) is 12.3. The number of rotatable bonds is 2. The van der Waals surface area contributed by atoms with E-state index in [9.17, 15) is 9.50 Å². The second-order valence-corrected chi connectivity index (χ2v) is 5.49. The maximum atomic E-state index is 13.7. The number of aliphatic hydroxyl groups is 1. The fourth-order valence-corrected chi connectivity index (χ4v) is 2.74. The van der Waals surface area contributed by atoms with E-state index in [1.807, 2.05) is 0 Å². The van der Waals surface area contributed by atoms with E-state index < -0.39 is 5.60 Å². The van der Waals surface area contributed by atoms with Crippen LogP contribution in [0.25, 0.3) is 0 Å². The highest BCUT2D eigenvalue weighted by Gasteiger charge is 2.29. The van der Waals surface area contributed by atoms with Crippen LogP contribution in [0.3, 0.4) is 0 Å². The summed E-state index contributed by atoms with van der Waals surface area (Å²) in [5.41, 5.74) is -0.163. The van der Waals surface area contributed by atoms with E-state index in [1.165, 1.54) is 18.9 Å². The summed E-state index contributed by atoms with van der Waals surface area (Å²) >= 11 is 5.72. The first-order valence-electron chi connectivity index (χ1n) is 6.25. The lowest BCUT2D eigenvalue weighted by Gasteiger charge is -2.26. The van der Waals surface area contributed by atoms with Gasteiger partial charge in [0, 0.05) is 11.4 Å². The molecule has 0 aromatic heterocycles. The zero-order valence-corrected chi connectivity index (χ0v) is 10.6. The minimum Gasteiger partial charge on any atom is -0.390 e. The van der Waals surface area contributed by atoms with Crippen LogP contribution in [-0.2, 0) is 6.42 Å². The standard InChI is InChI=1S/C14H18ClFO/c15-12-6-5-11(13(16)9-12)10-14(17)7-3-1-2-4-8-14/h5-6,9,17H,1-4,7-8,10H2. The summed E-state index contributed by atoms with van der Waals surface area (Å²) in [5, 5.41) is 10.9. The van der Waals surface area contributed by atoms with Gasteiger partial charge in [-0.05, 0) is 30.5 Å². The Hall–Kier alpha value is -0.600. The molecule has 1 aliphatic carbocycles. The normalized spacial score (nSPS) is 19.9. The molecule has 1 aliphatic rings. The predicted octanol–water partition coefficient (Wildman–Crippen LogP) is 4.11. The lowest BCUT2D eigenvalue weighted by atomic mass is 9.87. The molecule has 0 saturated heterocycles. The van der Waals surface area contributed by atoms with Gasteiger partial charge in [-0.3, -0.25) is 0 Å². The van der Waals surface area contributed by atoms with Crippen molar-refractivity contribution in [3.8, 4) is 0 Å². The van der Waals surface area contributed by atoms with Gasteiger partial charge in [-0.1, -0.05) is 43.4 Å². The van der Waals surface area contributed by atoms with Crippen LogP contribution in [0.4, 0.5) is 4.39 Å². The zero-order valence-electron chi connectivity index (χ0n) is 9.88. The van der Waals surface area contributed by atoms with Gasteiger partial charge in [0.1, 0.15) is 5.82 Å². The molecular formula is C14H18ClFO.